The Hall–Kier alpha value is -0.220. The second kappa shape index (κ2) is 3.74. The first kappa shape index (κ1) is 7.78. The molecule has 0 spiro atoms. The molecule has 1 atom stereocenters. The lowest BCUT2D eigenvalue weighted by Crippen LogP contribution is -2.41. The lowest BCUT2D eigenvalue weighted by Gasteiger charge is -2.06. The molecule has 0 aromatic carbocycles. The van der Waals surface area contributed by atoms with E-state index in [0.717, 1.165) is 0 Å². The van der Waals surface area contributed by atoms with Crippen molar-refractivity contribution in [2.24, 2.45) is 5.73 Å². The average Bonchev–Trinajstić information content (AvgIpc) is 1.65. The van der Waals surface area contributed by atoms with Gasteiger partial charge in [-0.2, -0.15) is 12.6 Å². The van der Waals surface area contributed by atoms with Crippen LogP contribution in [0, 0.1) is 0 Å². The number of hydrogen-bond donors (Lipinski definition) is 3. The van der Waals surface area contributed by atoms with E-state index in [4.69, 9.17) is 5.73 Å². The molecule has 0 bridgehead atoms. The molecule has 1 amide bonds. The van der Waals surface area contributed by atoms with E-state index in [1.54, 1.807) is 0 Å². The van der Waals surface area contributed by atoms with Crippen molar-refractivity contribution in [3.63, 3.8) is 0 Å². The van der Waals surface area contributed by atoms with Gasteiger partial charge in [-0.1, -0.05) is 0 Å². The van der Waals surface area contributed by atoms with Crippen LogP contribution in [0.1, 0.15) is 6.92 Å². The van der Waals surface area contributed by atoms with E-state index in [9.17, 15) is 4.79 Å². The highest BCUT2D eigenvalue weighted by Crippen LogP contribution is 1.75. The molecule has 48 valence electrons. The van der Waals surface area contributed by atoms with E-state index >= 15 is 0 Å². The van der Waals surface area contributed by atoms with Crippen LogP contribution in [0.15, 0.2) is 0 Å². The molecule has 0 saturated heterocycles. The van der Waals surface area contributed by atoms with Gasteiger partial charge in [0.05, 0.1) is 6.17 Å². The summed E-state index contributed by atoms with van der Waals surface area (Å²) in [6, 6.07) is 0. The second-order valence-electron chi connectivity index (χ2n) is 1.49. The molecule has 0 unspecified atom stereocenters. The Morgan fingerprint density at radius 3 is 2.62 bits per heavy atom. The first-order chi connectivity index (χ1) is 3.66. The van der Waals surface area contributed by atoms with Crippen LogP contribution in [0.3, 0.4) is 0 Å². The monoisotopic (exact) mass is 134 g/mol. The van der Waals surface area contributed by atoms with Gasteiger partial charge in [0.15, 0.2) is 0 Å². The van der Waals surface area contributed by atoms with E-state index in [0.29, 0.717) is 5.75 Å². The van der Waals surface area contributed by atoms with Gasteiger partial charge in [0, 0.05) is 12.7 Å². The molecule has 0 aliphatic rings. The van der Waals surface area contributed by atoms with Crippen molar-refractivity contribution in [1.29, 1.82) is 0 Å². The number of rotatable bonds is 2. The molecule has 4 heteroatoms. The van der Waals surface area contributed by atoms with Gasteiger partial charge in [-0.25, -0.2) is 0 Å². The molecule has 0 aliphatic heterocycles. The van der Waals surface area contributed by atoms with Gasteiger partial charge in [0.1, 0.15) is 0 Å². The molecule has 0 rings (SSSR count). The van der Waals surface area contributed by atoms with Gasteiger partial charge in [-0.3, -0.25) is 4.79 Å². The number of carbonyl (C=O) groups excluding carboxylic acids is 1. The first-order valence-electron chi connectivity index (χ1n) is 2.30. The highest BCUT2D eigenvalue weighted by atomic mass is 32.1. The maximum atomic E-state index is 10.2. The van der Waals surface area contributed by atoms with Gasteiger partial charge < -0.3 is 11.1 Å². The van der Waals surface area contributed by atoms with E-state index in [1.807, 2.05) is 0 Å². The van der Waals surface area contributed by atoms with Crippen LogP contribution < -0.4 is 11.1 Å². The van der Waals surface area contributed by atoms with Crippen molar-refractivity contribution in [2.45, 2.75) is 13.1 Å². The lowest BCUT2D eigenvalue weighted by atomic mass is 10.5. The summed E-state index contributed by atoms with van der Waals surface area (Å²) < 4.78 is 0. The Balaban J connectivity index is 3.24. The summed E-state index contributed by atoms with van der Waals surface area (Å²) in [5, 5.41) is 2.45. The largest absolute Gasteiger partial charge is 0.340 e. The van der Waals surface area contributed by atoms with Crippen molar-refractivity contribution < 1.29 is 4.79 Å². The molecule has 0 heterocycles. The number of thiol groups is 1. The summed E-state index contributed by atoms with van der Waals surface area (Å²) in [5.74, 6) is 0.353. The SMILES string of the molecule is CC(=O)N[C@H](N)CS. The minimum atomic E-state index is -0.309. The summed E-state index contributed by atoms with van der Waals surface area (Å²) in [6.07, 6.45) is -0.309. The van der Waals surface area contributed by atoms with Crippen molar-refractivity contribution >= 4 is 18.5 Å². The van der Waals surface area contributed by atoms with Gasteiger partial charge in [-0.15, -0.1) is 0 Å². The molecule has 0 saturated carbocycles. The van der Waals surface area contributed by atoms with Crippen LogP contribution in [-0.2, 0) is 4.79 Å². The fourth-order valence-corrected chi connectivity index (χ4v) is 0.398. The minimum Gasteiger partial charge on any atom is -0.340 e. The summed E-state index contributed by atoms with van der Waals surface area (Å²) >= 11 is 3.85. The molecule has 3 nitrogen and oxygen atoms in total. The zero-order valence-electron chi connectivity index (χ0n) is 4.72. The smallest absolute Gasteiger partial charge is 0.218 e. The Morgan fingerprint density at radius 1 is 2.00 bits per heavy atom. The van der Waals surface area contributed by atoms with Crippen LogP contribution in [0.5, 0.6) is 0 Å². The molecule has 0 aromatic rings. The lowest BCUT2D eigenvalue weighted by molar-refractivity contribution is -0.119. The van der Waals surface area contributed by atoms with E-state index in [1.165, 1.54) is 6.92 Å². The van der Waals surface area contributed by atoms with Crippen molar-refractivity contribution in [3.05, 3.63) is 0 Å². The number of carbonyl (C=O) groups is 1. The Morgan fingerprint density at radius 2 is 2.50 bits per heavy atom. The number of nitrogens with one attached hydrogen (secondary N) is 1. The maximum Gasteiger partial charge on any atom is 0.218 e. The Kier molecular flexibility index (Phi) is 3.64. The molecule has 0 fully saturated rings. The normalized spacial score (nSPS) is 12.9. The standard InChI is InChI=1S/C4H10N2OS/c1-3(7)6-4(5)2-8/h4,8H,2,5H2,1H3,(H,6,7)/t4-/m0/s1. The summed E-state index contributed by atoms with van der Waals surface area (Å²) in [5.41, 5.74) is 5.27. The first-order valence-corrected chi connectivity index (χ1v) is 2.93. The molecular formula is C4H10N2OS. The molecule has 0 radical (unpaired) electrons. The van der Waals surface area contributed by atoms with E-state index in [2.05, 4.69) is 17.9 Å². The molecular weight excluding hydrogens is 124 g/mol. The van der Waals surface area contributed by atoms with Crippen LogP contribution >= 0.6 is 12.6 Å². The van der Waals surface area contributed by atoms with Crippen LogP contribution in [0.2, 0.25) is 0 Å². The number of hydrogen-bond acceptors (Lipinski definition) is 3. The quantitative estimate of drug-likeness (QED) is 0.347. The van der Waals surface area contributed by atoms with Crippen molar-refractivity contribution in [2.75, 3.05) is 5.75 Å². The maximum absolute atomic E-state index is 10.2. The topological polar surface area (TPSA) is 55.1 Å². The van der Waals surface area contributed by atoms with Gasteiger partial charge in [-0.05, 0) is 0 Å². The van der Waals surface area contributed by atoms with Crippen LogP contribution in [0.25, 0.3) is 0 Å². The van der Waals surface area contributed by atoms with Crippen molar-refractivity contribution in [3.8, 4) is 0 Å². The van der Waals surface area contributed by atoms with Gasteiger partial charge >= 0.3 is 0 Å². The number of amides is 1. The van der Waals surface area contributed by atoms with Gasteiger partial charge in [0.2, 0.25) is 5.91 Å². The molecule has 0 aliphatic carbocycles. The van der Waals surface area contributed by atoms with Crippen molar-refractivity contribution in [1.82, 2.24) is 5.32 Å². The second-order valence-corrected chi connectivity index (χ2v) is 1.85. The number of nitrogens with two attached hydrogens (primary N) is 1. The van der Waals surface area contributed by atoms with Gasteiger partial charge in [0.25, 0.3) is 0 Å². The van der Waals surface area contributed by atoms with Crippen LogP contribution in [0.4, 0.5) is 0 Å². The summed E-state index contributed by atoms with van der Waals surface area (Å²) in [4.78, 5) is 10.2. The third-order valence-corrected chi connectivity index (χ3v) is 0.979. The fraction of sp³-hybridized carbons (Fsp3) is 0.750. The highest BCUT2D eigenvalue weighted by molar-refractivity contribution is 7.80. The predicted octanol–water partition coefficient (Wildman–Crippen LogP) is -0.663. The van der Waals surface area contributed by atoms with Crippen LogP contribution in [-0.4, -0.2) is 17.8 Å². The fourth-order valence-electron chi connectivity index (χ4n) is 0.307. The average molecular weight is 134 g/mol. The minimum absolute atomic E-state index is 0.119. The highest BCUT2D eigenvalue weighted by Gasteiger charge is 1.97. The Labute approximate surface area is 54.0 Å². The summed E-state index contributed by atoms with van der Waals surface area (Å²) in [7, 11) is 0. The molecule has 3 N–H and O–H groups in total. The van der Waals surface area contributed by atoms with E-state index < -0.39 is 0 Å². The molecule has 0 aromatic heterocycles. The predicted molar refractivity (Wildman–Crippen MR) is 35.6 cm³/mol. The third-order valence-electron chi connectivity index (χ3n) is 0.585. The Bertz CT molecular complexity index is 86.1. The van der Waals surface area contributed by atoms with E-state index in [-0.39, 0.29) is 12.1 Å². The molecule has 8 heavy (non-hydrogen) atoms. The zero-order valence-corrected chi connectivity index (χ0v) is 5.61. The zero-order chi connectivity index (χ0) is 6.57. The summed E-state index contributed by atoms with van der Waals surface area (Å²) in [6.45, 7) is 1.42. The third kappa shape index (κ3) is 3.95.